The van der Waals surface area contributed by atoms with E-state index in [1.54, 1.807) is 0 Å². The number of para-hydroxylation sites is 1. The number of hydrogen-bond donors (Lipinski definition) is 1. The van der Waals surface area contributed by atoms with E-state index in [1.165, 1.54) is 69.8 Å². The molecule has 1 N–H and O–H groups in total. The molecule has 0 radical (unpaired) electrons. The highest BCUT2D eigenvalue weighted by atomic mass is 32.1. The molecular weight excluding hydrogens is 687 g/mol. The first-order chi connectivity index (χ1) is 27.3. The summed E-state index contributed by atoms with van der Waals surface area (Å²) in [6, 6.07) is 69.6. The summed E-state index contributed by atoms with van der Waals surface area (Å²) in [6.45, 7) is 0.673. The van der Waals surface area contributed by atoms with Crippen LogP contribution >= 0.6 is 11.3 Å². The van der Waals surface area contributed by atoms with E-state index in [4.69, 9.17) is 4.99 Å². The first kappa shape index (κ1) is 33.0. The Labute approximate surface area is 324 Å². The summed E-state index contributed by atoms with van der Waals surface area (Å²) in [5.74, 6) is 0. The van der Waals surface area contributed by atoms with Crippen molar-refractivity contribution in [2.24, 2.45) is 4.99 Å². The SMILES string of the molecule is C(=NC(NCc1ccc(-n2c3ccccc3c3cc(-c4cccc5c4sc4ccccc45)ccc32)cc1)c1cccc(-c2ccccc2)c1)c1ccccc1. The zero-order valence-corrected chi connectivity index (χ0v) is 31.0. The molecule has 0 bridgehead atoms. The Kier molecular flexibility index (Phi) is 8.60. The monoisotopic (exact) mass is 723 g/mol. The van der Waals surface area contributed by atoms with Crippen LogP contribution in [-0.4, -0.2) is 10.8 Å². The van der Waals surface area contributed by atoms with E-state index in [1.807, 2.05) is 35.8 Å². The first-order valence-corrected chi connectivity index (χ1v) is 19.6. The van der Waals surface area contributed by atoms with Gasteiger partial charge in [0.1, 0.15) is 6.17 Å². The van der Waals surface area contributed by atoms with Crippen LogP contribution in [0.25, 0.3) is 69.9 Å². The van der Waals surface area contributed by atoms with Crippen molar-refractivity contribution in [3.05, 3.63) is 211 Å². The Bertz CT molecular complexity index is 2980. The average Bonchev–Trinajstić information content (AvgIpc) is 3.80. The number of rotatable bonds is 9. The summed E-state index contributed by atoms with van der Waals surface area (Å²) in [5, 5.41) is 8.92. The fourth-order valence-corrected chi connectivity index (χ4v) is 9.08. The minimum absolute atomic E-state index is 0.214. The molecule has 0 amide bonds. The van der Waals surface area contributed by atoms with E-state index in [9.17, 15) is 0 Å². The van der Waals surface area contributed by atoms with Gasteiger partial charge in [0, 0.05) is 49.4 Å². The fourth-order valence-electron chi connectivity index (χ4n) is 7.85. The van der Waals surface area contributed by atoms with Crippen molar-refractivity contribution in [1.29, 1.82) is 0 Å². The van der Waals surface area contributed by atoms with Crippen LogP contribution in [0.1, 0.15) is 22.9 Å². The Morgan fingerprint density at radius 1 is 0.527 bits per heavy atom. The molecule has 2 aromatic heterocycles. The summed E-state index contributed by atoms with van der Waals surface area (Å²) in [6.07, 6.45) is 1.75. The van der Waals surface area contributed by atoms with Crippen LogP contribution in [-0.2, 0) is 6.54 Å². The van der Waals surface area contributed by atoms with Crippen molar-refractivity contribution in [3.63, 3.8) is 0 Å². The quantitative estimate of drug-likeness (QED) is 0.148. The fraction of sp³-hybridized carbons (Fsp3) is 0.0392. The molecule has 262 valence electrons. The predicted molar refractivity (Wildman–Crippen MR) is 235 cm³/mol. The maximum Gasteiger partial charge on any atom is 0.125 e. The second kappa shape index (κ2) is 14.3. The Morgan fingerprint density at radius 3 is 2.07 bits per heavy atom. The molecule has 0 saturated heterocycles. The molecule has 0 fully saturated rings. The smallest absolute Gasteiger partial charge is 0.125 e. The zero-order chi connectivity index (χ0) is 36.6. The van der Waals surface area contributed by atoms with E-state index < -0.39 is 0 Å². The average molecular weight is 724 g/mol. The van der Waals surface area contributed by atoms with E-state index in [0.29, 0.717) is 6.54 Å². The lowest BCUT2D eigenvalue weighted by atomic mass is 10.0. The molecule has 0 aliphatic heterocycles. The van der Waals surface area contributed by atoms with Gasteiger partial charge < -0.3 is 4.57 Å². The summed E-state index contributed by atoms with van der Waals surface area (Å²) in [5.41, 5.74) is 11.8. The summed E-state index contributed by atoms with van der Waals surface area (Å²) >= 11 is 1.88. The number of nitrogens with one attached hydrogen (secondary N) is 1. The van der Waals surface area contributed by atoms with E-state index in [-0.39, 0.29) is 6.17 Å². The Morgan fingerprint density at radius 2 is 1.22 bits per heavy atom. The van der Waals surface area contributed by atoms with Gasteiger partial charge >= 0.3 is 0 Å². The lowest BCUT2D eigenvalue weighted by Crippen LogP contribution is -2.19. The molecule has 4 heteroatoms. The first-order valence-electron chi connectivity index (χ1n) is 18.8. The normalized spacial score (nSPS) is 12.4. The number of hydrogen-bond acceptors (Lipinski definition) is 3. The molecule has 10 rings (SSSR count). The van der Waals surface area contributed by atoms with E-state index in [2.05, 4.69) is 186 Å². The molecule has 0 saturated carbocycles. The molecule has 0 aliphatic carbocycles. The molecular formula is C51H37N3S. The molecule has 10 aromatic rings. The third kappa shape index (κ3) is 6.32. The van der Waals surface area contributed by atoms with Crippen LogP contribution in [0.3, 0.4) is 0 Å². The number of thiophene rings is 1. The second-order valence-corrected chi connectivity index (χ2v) is 15.0. The number of benzene rings is 8. The van der Waals surface area contributed by atoms with Crippen LogP contribution in [0.2, 0.25) is 0 Å². The maximum absolute atomic E-state index is 5.06. The van der Waals surface area contributed by atoms with Crippen LogP contribution in [0.15, 0.2) is 199 Å². The Hall–Kier alpha value is -6.59. The molecule has 55 heavy (non-hydrogen) atoms. The van der Waals surface area contributed by atoms with E-state index in [0.717, 1.165) is 16.8 Å². The van der Waals surface area contributed by atoms with Crippen molar-refractivity contribution < 1.29 is 0 Å². The third-order valence-electron chi connectivity index (χ3n) is 10.6. The standard InChI is InChI=1S/C51H37N3S/c1-3-13-35(14-4-1)33-52-51(40-18-11-17-38(31-40)37-15-5-2-6-16-37)53-34-36-25-28-41(29-26-36)54-47-23-9-7-19-43(47)46-32-39(27-30-48(46)54)42-21-12-22-45-44-20-8-10-24-49(44)55-50(42)45/h1-33,51,53H,34H2. The lowest BCUT2D eigenvalue weighted by Gasteiger charge is -2.17. The van der Waals surface area contributed by atoms with Crippen LogP contribution in [0.4, 0.5) is 0 Å². The zero-order valence-electron chi connectivity index (χ0n) is 30.1. The summed E-state index contributed by atoms with van der Waals surface area (Å²) < 4.78 is 5.06. The molecule has 1 unspecified atom stereocenters. The van der Waals surface area contributed by atoms with Gasteiger partial charge in [-0.1, -0.05) is 152 Å². The van der Waals surface area contributed by atoms with Gasteiger partial charge in [-0.2, -0.15) is 0 Å². The molecule has 2 heterocycles. The Balaban J connectivity index is 0.966. The maximum atomic E-state index is 5.06. The molecule has 3 nitrogen and oxygen atoms in total. The summed E-state index contributed by atoms with van der Waals surface area (Å²) in [4.78, 5) is 5.06. The molecule has 8 aromatic carbocycles. The lowest BCUT2D eigenvalue weighted by molar-refractivity contribution is 0.556. The highest BCUT2D eigenvalue weighted by Gasteiger charge is 2.16. The molecule has 0 aliphatic rings. The van der Waals surface area contributed by atoms with Gasteiger partial charge in [0.15, 0.2) is 0 Å². The van der Waals surface area contributed by atoms with Crippen molar-refractivity contribution in [2.75, 3.05) is 0 Å². The van der Waals surface area contributed by atoms with Crippen molar-refractivity contribution in [2.45, 2.75) is 12.7 Å². The topological polar surface area (TPSA) is 29.3 Å². The number of fused-ring (bicyclic) bond motifs is 6. The van der Waals surface area contributed by atoms with Crippen LogP contribution in [0.5, 0.6) is 0 Å². The second-order valence-electron chi connectivity index (χ2n) is 14.0. The van der Waals surface area contributed by atoms with Gasteiger partial charge in [0.25, 0.3) is 0 Å². The molecule has 0 spiro atoms. The minimum atomic E-state index is -0.214. The largest absolute Gasteiger partial charge is 0.309 e. The van der Waals surface area contributed by atoms with Crippen molar-refractivity contribution in [1.82, 2.24) is 9.88 Å². The predicted octanol–water partition coefficient (Wildman–Crippen LogP) is 13.4. The van der Waals surface area contributed by atoms with Gasteiger partial charge in [-0.3, -0.25) is 10.3 Å². The highest BCUT2D eigenvalue weighted by Crippen LogP contribution is 2.42. The van der Waals surface area contributed by atoms with Crippen molar-refractivity contribution in [3.8, 4) is 27.9 Å². The number of aliphatic imine (C=N–C) groups is 1. The van der Waals surface area contributed by atoms with Crippen molar-refractivity contribution >= 4 is 59.5 Å². The molecule has 1 atom stereocenters. The number of nitrogens with zero attached hydrogens (tertiary/aromatic N) is 2. The highest BCUT2D eigenvalue weighted by molar-refractivity contribution is 7.26. The summed E-state index contributed by atoms with van der Waals surface area (Å²) in [7, 11) is 0. The van der Waals surface area contributed by atoms with Crippen LogP contribution in [0, 0.1) is 0 Å². The van der Waals surface area contributed by atoms with E-state index >= 15 is 0 Å². The van der Waals surface area contributed by atoms with Gasteiger partial charge in [-0.05, 0) is 81.4 Å². The minimum Gasteiger partial charge on any atom is -0.309 e. The van der Waals surface area contributed by atoms with Gasteiger partial charge in [0.05, 0.1) is 11.0 Å². The van der Waals surface area contributed by atoms with Gasteiger partial charge in [-0.15, -0.1) is 11.3 Å². The van der Waals surface area contributed by atoms with Gasteiger partial charge in [0.2, 0.25) is 0 Å². The van der Waals surface area contributed by atoms with Gasteiger partial charge in [-0.25, -0.2) is 0 Å². The number of aromatic nitrogens is 1. The van der Waals surface area contributed by atoms with Crippen LogP contribution < -0.4 is 5.32 Å². The third-order valence-corrected chi connectivity index (χ3v) is 11.8.